The normalized spacial score (nSPS) is 11.2. The Kier molecular flexibility index (Phi) is 4.65. The number of nitrogens with zero attached hydrogens (tertiary/aromatic N) is 2. The Bertz CT molecular complexity index is 589. The summed E-state index contributed by atoms with van der Waals surface area (Å²) >= 11 is 0. The molecule has 1 aromatic carbocycles. The van der Waals surface area contributed by atoms with Crippen molar-refractivity contribution in [2.75, 3.05) is 11.9 Å². The lowest BCUT2D eigenvalue weighted by Crippen LogP contribution is -2.27. The molecule has 0 saturated carbocycles. The molecule has 0 aliphatic heterocycles. The van der Waals surface area contributed by atoms with Crippen LogP contribution in [0.2, 0.25) is 0 Å². The fraction of sp³-hybridized carbons (Fsp3) is 0.312. The molecule has 1 heterocycles. The first-order valence-electron chi connectivity index (χ1n) is 6.75. The summed E-state index contributed by atoms with van der Waals surface area (Å²) in [4.78, 5) is 20.2. The van der Waals surface area contributed by atoms with Gasteiger partial charge in [-0.25, -0.2) is 9.97 Å². The fourth-order valence-electron chi connectivity index (χ4n) is 1.61. The molecule has 1 N–H and O–H groups in total. The van der Waals surface area contributed by atoms with Gasteiger partial charge in [0, 0.05) is 5.56 Å². The van der Waals surface area contributed by atoms with Gasteiger partial charge in [-0.05, 0) is 20.8 Å². The van der Waals surface area contributed by atoms with Crippen LogP contribution in [0.5, 0.6) is 0 Å². The minimum atomic E-state index is -0.342. The minimum Gasteiger partial charge on any atom is -0.366 e. The molecule has 0 aliphatic carbocycles. The van der Waals surface area contributed by atoms with Gasteiger partial charge in [-0.3, -0.25) is 4.79 Å². The van der Waals surface area contributed by atoms with E-state index in [-0.39, 0.29) is 18.1 Å². The average molecular weight is 285 g/mol. The maximum atomic E-state index is 11.7. The third-order valence-electron chi connectivity index (χ3n) is 2.60. The highest BCUT2D eigenvalue weighted by Gasteiger charge is 2.13. The molecule has 0 spiro atoms. The maximum Gasteiger partial charge on any atom is 0.250 e. The van der Waals surface area contributed by atoms with Crippen molar-refractivity contribution in [1.29, 1.82) is 0 Å². The van der Waals surface area contributed by atoms with E-state index in [1.807, 2.05) is 51.1 Å². The molecule has 21 heavy (non-hydrogen) atoms. The van der Waals surface area contributed by atoms with E-state index in [0.29, 0.717) is 11.5 Å². The van der Waals surface area contributed by atoms with Gasteiger partial charge in [0.05, 0.1) is 23.7 Å². The highest BCUT2D eigenvalue weighted by molar-refractivity contribution is 5.91. The van der Waals surface area contributed by atoms with Gasteiger partial charge >= 0.3 is 0 Å². The van der Waals surface area contributed by atoms with Crippen molar-refractivity contribution in [3.63, 3.8) is 0 Å². The third-order valence-corrected chi connectivity index (χ3v) is 2.60. The van der Waals surface area contributed by atoms with Gasteiger partial charge in [-0.1, -0.05) is 30.3 Å². The number of ether oxygens (including phenoxy) is 1. The van der Waals surface area contributed by atoms with Gasteiger partial charge in [0.2, 0.25) is 5.91 Å². The first-order chi connectivity index (χ1) is 9.94. The predicted molar refractivity (Wildman–Crippen MR) is 81.8 cm³/mol. The van der Waals surface area contributed by atoms with Crippen molar-refractivity contribution in [2.45, 2.75) is 26.4 Å². The highest BCUT2D eigenvalue weighted by atomic mass is 16.5. The Hall–Kier alpha value is -2.27. The molecule has 5 nitrogen and oxygen atoms in total. The van der Waals surface area contributed by atoms with Crippen LogP contribution in [-0.4, -0.2) is 28.1 Å². The summed E-state index contributed by atoms with van der Waals surface area (Å²) in [6.07, 6.45) is 3.18. The number of hydrogen-bond acceptors (Lipinski definition) is 4. The van der Waals surface area contributed by atoms with Crippen LogP contribution in [0.15, 0.2) is 42.7 Å². The van der Waals surface area contributed by atoms with E-state index in [1.54, 1.807) is 12.4 Å². The number of carbonyl (C=O) groups excluding carboxylic acids is 1. The Morgan fingerprint density at radius 3 is 2.33 bits per heavy atom. The number of carbonyl (C=O) groups is 1. The van der Waals surface area contributed by atoms with Crippen molar-refractivity contribution >= 4 is 11.6 Å². The molecule has 1 aromatic heterocycles. The van der Waals surface area contributed by atoms with Gasteiger partial charge in [-0.15, -0.1) is 0 Å². The van der Waals surface area contributed by atoms with Crippen molar-refractivity contribution in [3.8, 4) is 11.4 Å². The number of anilines is 1. The highest BCUT2D eigenvalue weighted by Crippen LogP contribution is 2.14. The second-order valence-electron chi connectivity index (χ2n) is 5.61. The van der Waals surface area contributed by atoms with E-state index in [2.05, 4.69) is 15.3 Å². The number of benzene rings is 1. The van der Waals surface area contributed by atoms with Crippen LogP contribution >= 0.6 is 0 Å². The van der Waals surface area contributed by atoms with Crippen LogP contribution in [-0.2, 0) is 9.53 Å². The molecule has 0 aliphatic rings. The lowest BCUT2D eigenvalue weighted by Gasteiger charge is -2.18. The van der Waals surface area contributed by atoms with E-state index >= 15 is 0 Å². The topological polar surface area (TPSA) is 64.1 Å². The second-order valence-corrected chi connectivity index (χ2v) is 5.61. The van der Waals surface area contributed by atoms with Gasteiger partial charge in [-0.2, -0.15) is 0 Å². The van der Waals surface area contributed by atoms with Crippen LogP contribution in [0.4, 0.5) is 5.69 Å². The summed E-state index contributed by atoms with van der Waals surface area (Å²) in [7, 11) is 0. The van der Waals surface area contributed by atoms with E-state index < -0.39 is 0 Å². The smallest absolute Gasteiger partial charge is 0.250 e. The van der Waals surface area contributed by atoms with Crippen molar-refractivity contribution in [1.82, 2.24) is 9.97 Å². The molecule has 0 unspecified atom stereocenters. The zero-order valence-electron chi connectivity index (χ0n) is 12.5. The van der Waals surface area contributed by atoms with Crippen molar-refractivity contribution < 1.29 is 9.53 Å². The minimum absolute atomic E-state index is 0.00391. The monoisotopic (exact) mass is 285 g/mol. The quantitative estimate of drug-likeness (QED) is 0.938. The molecule has 110 valence electrons. The first-order valence-corrected chi connectivity index (χ1v) is 6.75. The first kappa shape index (κ1) is 15.1. The molecule has 0 atom stereocenters. The van der Waals surface area contributed by atoms with Crippen molar-refractivity contribution in [3.05, 3.63) is 42.7 Å². The lowest BCUT2D eigenvalue weighted by atomic mass is 10.2. The summed E-state index contributed by atoms with van der Waals surface area (Å²) < 4.78 is 5.40. The fourth-order valence-corrected chi connectivity index (χ4v) is 1.61. The summed E-state index contributed by atoms with van der Waals surface area (Å²) in [5.74, 6) is 0.403. The Balaban J connectivity index is 1.95. The molecule has 2 rings (SSSR count). The van der Waals surface area contributed by atoms with Crippen LogP contribution in [0.25, 0.3) is 11.4 Å². The maximum absolute atomic E-state index is 11.7. The standard InChI is InChI=1S/C16H19N3O2/c1-16(2,3)21-11-14(20)19-13-9-17-15(18-10-13)12-7-5-4-6-8-12/h4-10H,11H2,1-3H3,(H,19,20). The number of aromatic nitrogens is 2. The third kappa shape index (κ3) is 4.96. The summed E-state index contributed by atoms with van der Waals surface area (Å²) in [6, 6.07) is 9.67. The van der Waals surface area contributed by atoms with Gasteiger partial charge < -0.3 is 10.1 Å². The Morgan fingerprint density at radius 2 is 1.76 bits per heavy atom. The summed E-state index contributed by atoms with van der Waals surface area (Å²) in [5, 5.41) is 2.70. The van der Waals surface area contributed by atoms with E-state index in [1.165, 1.54) is 0 Å². The average Bonchev–Trinajstić information content (AvgIpc) is 2.46. The van der Waals surface area contributed by atoms with E-state index in [9.17, 15) is 4.79 Å². The molecular weight excluding hydrogens is 266 g/mol. The molecule has 2 aromatic rings. The zero-order chi connectivity index (χ0) is 15.3. The molecule has 5 heteroatoms. The number of rotatable bonds is 4. The SMILES string of the molecule is CC(C)(C)OCC(=O)Nc1cnc(-c2ccccc2)nc1. The second kappa shape index (κ2) is 6.45. The van der Waals surface area contributed by atoms with Crippen LogP contribution in [0, 0.1) is 0 Å². The van der Waals surface area contributed by atoms with Crippen LogP contribution in [0.1, 0.15) is 20.8 Å². The molecule has 0 bridgehead atoms. The van der Waals surface area contributed by atoms with Gasteiger partial charge in [0.15, 0.2) is 5.82 Å². The van der Waals surface area contributed by atoms with Gasteiger partial charge in [0.1, 0.15) is 6.61 Å². The largest absolute Gasteiger partial charge is 0.366 e. The lowest BCUT2D eigenvalue weighted by molar-refractivity contribution is -0.125. The van der Waals surface area contributed by atoms with Crippen LogP contribution < -0.4 is 5.32 Å². The van der Waals surface area contributed by atoms with Crippen molar-refractivity contribution in [2.24, 2.45) is 0 Å². The summed E-state index contributed by atoms with van der Waals surface area (Å²) in [5.41, 5.74) is 1.15. The summed E-state index contributed by atoms with van der Waals surface area (Å²) in [6.45, 7) is 5.71. The molecule has 0 saturated heterocycles. The van der Waals surface area contributed by atoms with Crippen LogP contribution in [0.3, 0.4) is 0 Å². The zero-order valence-corrected chi connectivity index (χ0v) is 12.5. The number of hydrogen-bond donors (Lipinski definition) is 1. The molecule has 0 radical (unpaired) electrons. The molecular formula is C16H19N3O2. The molecule has 0 fully saturated rings. The van der Waals surface area contributed by atoms with Gasteiger partial charge in [0.25, 0.3) is 0 Å². The molecule has 1 amide bonds. The number of amides is 1. The Morgan fingerprint density at radius 1 is 1.14 bits per heavy atom. The van der Waals surface area contributed by atoms with E-state index in [0.717, 1.165) is 5.56 Å². The number of nitrogens with one attached hydrogen (secondary N) is 1. The predicted octanol–water partition coefficient (Wildman–Crippen LogP) is 2.90. The van der Waals surface area contributed by atoms with E-state index in [4.69, 9.17) is 4.74 Å². The Labute approximate surface area is 124 Å².